The third-order valence-corrected chi connectivity index (χ3v) is 7.67. The molecule has 10 heteroatoms. The van der Waals surface area contributed by atoms with E-state index in [4.69, 9.17) is 37.1 Å². The first-order valence-electron chi connectivity index (χ1n) is 12.3. The molecule has 0 amide bonds. The number of rotatable bonds is 7. The van der Waals surface area contributed by atoms with Crippen LogP contribution in [0.1, 0.15) is 38.1 Å². The second kappa shape index (κ2) is 11.3. The summed E-state index contributed by atoms with van der Waals surface area (Å²) in [7, 11) is 0. The van der Waals surface area contributed by atoms with Crippen LogP contribution in [0.3, 0.4) is 0 Å². The Bertz CT molecular complexity index is 1770. The standard InChI is InChI=1S/C29H24Cl2N2O5S/c1-4-36-19-9-6-17(7-10-19)26-25(28(35)37-5-2)16(3)32-29-33(26)27(34)24(39-29)15-20-11-13-23(38-20)21-14-18(30)8-12-22(21)31/h6-15,26H,4-5H2,1-3H3/b24-15-/t26-/m0/s1. The van der Waals surface area contributed by atoms with E-state index in [1.807, 2.05) is 31.2 Å². The zero-order chi connectivity index (χ0) is 27.7. The largest absolute Gasteiger partial charge is 0.494 e. The number of thiazole rings is 1. The molecule has 1 atom stereocenters. The van der Waals surface area contributed by atoms with Crippen molar-refractivity contribution in [2.75, 3.05) is 13.2 Å². The third-order valence-electron chi connectivity index (χ3n) is 6.12. The van der Waals surface area contributed by atoms with E-state index in [0.717, 1.165) is 5.56 Å². The molecule has 0 saturated heterocycles. The summed E-state index contributed by atoms with van der Waals surface area (Å²) in [5.41, 5.74) is 1.90. The van der Waals surface area contributed by atoms with Crippen molar-refractivity contribution in [1.82, 2.24) is 4.57 Å². The zero-order valence-corrected chi connectivity index (χ0v) is 23.7. The van der Waals surface area contributed by atoms with Crippen LogP contribution in [0.5, 0.6) is 5.75 Å². The second-order valence-corrected chi connectivity index (χ2v) is 10.5. The fourth-order valence-electron chi connectivity index (χ4n) is 4.41. The van der Waals surface area contributed by atoms with Gasteiger partial charge in [-0.25, -0.2) is 9.79 Å². The van der Waals surface area contributed by atoms with E-state index in [9.17, 15) is 9.59 Å². The zero-order valence-electron chi connectivity index (χ0n) is 21.4. The molecule has 0 N–H and O–H groups in total. The molecule has 0 aliphatic carbocycles. The number of halogens is 2. The molecular weight excluding hydrogens is 559 g/mol. The van der Waals surface area contributed by atoms with E-state index < -0.39 is 12.0 Å². The van der Waals surface area contributed by atoms with Crippen LogP contribution in [0.4, 0.5) is 0 Å². The van der Waals surface area contributed by atoms with Crippen LogP contribution in [-0.2, 0) is 9.53 Å². The van der Waals surface area contributed by atoms with Gasteiger partial charge in [-0.15, -0.1) is 0 Å². The van der Waals surface area contributed by atoms with Gasteiger partial charge in [-0.05, 0) is 68.8 Å². The van der Waals surface area contributed by atoms with E-state index in [1.165, 1.54) is 15.9 Å². The summed E-state index contributed by atoms with van der Waals surface area (Å²) in [5.74, 6) is 1.17. The first kappa shape index (κ1) is 27.0. The molecule has 39 heavy (non-hydrogen) atoms. The molecule has 2 aromatic carbocycles. The van der Waals surface area contributed by atoms with Gasteiger partial charge in [0.15, 0.2) is 4.80 Å². The summed E-state index contributed by atoms with van der Waals surface area (Å²) >= 11 is 13.7. The molecule has 0 saturated carbocycles. The molecule has 2 aromatic heterocycles. The first-order chi connectivity index (χ1) is 18.8. The van der Waals surface area contributed by atoms with Crippen LogP contribution in [-0.4, -0.2) is 23.8 Å². The normalized spacial score (nSPS) is 15.2. The molecule has 0 bridgehead atoms. The number of carbonyl (C=O) groups is 1. The van der Waals surface area contributed by atoms with Gasteiger partial charge in [-0.1, -0.05) is 46.7 Å². The van der Waals surface area contributed by atoms with Crippen LogP contribution >= 0.6 is 34.5 Å². The number of nitrogens with zero attached hydrogens (tertiary/aromatic N) is 2. The molecule has 0 unspecified atom stereocenters. The van der Waals surface area contributed by atoms with Crippen molar-refractivity contribution in [3.05, 3.63) is 107 Å². The Morgan fingerprint density at radius 3 is 2.59 bits per heavy atom. The van der Waals surface area contributed by atoms with Crippen LogP contribution in [0.2, 0.25) is 10.0 Å². The maximum atomic E-state index is 13.8. The van der Waals surface area contributed by atoms with Crippen molar-refractivity contribution in [3.63, 3.8) is 0 Å². The van der Waals surface area contributed by atoms with Crippen molar-refractivity contribution < 1.29 is 18.7 Å². The Morgan fingerprint density at radius 2 is 1.87 bits per heavy atom. The maximum absolute atomic E-state index is 13.8. The van der Waals surface area contributed by atoms with Crippen LogP contribution in [0, 0.1) is 0 Å². The predicted octanol–water partition coefficient (Wildman–Crippen LogP) is 5.76. The smallest absolute Gasteiger partial charge is 0.338 e. The quantitative estimate of drug-likeness (QED) is 0.258. The molecule has 3 heterocycles. The summed E-state index contributed by atoms with van der Waals surface area (Å²) in [4.78, 5) is 31.9. The highest BCUT2D eigenvalue weighted by molar-refractivity contribution is 7.07. The van der Waals surface area contributed by atoms with E-state index in [1.54, 1.807) is 50.3 Å². The number of fused-ring (bicyclic) bond motifs is 1. The van der Waals surface area contributed by atoms with Gasteiger partial charge in [0.25, 0.3) is 5.56 Å². The molecular formula is C29H24Cl2N2O5S. The van der Waals surface area contributed by atoms with Crippen LogP contribution in [0.15, 0.2) is 80.1 Å². The fourth-order valence-corrected chi connectivity index (χ4v) is 5.82. The van der Waals surface area contributed by atoms with Gasteiger partial charge in [0, 0.05) is 16.7 Å². The molecule has 5 rings (SSSR count). The van der Waals surface area contributed by atoms with E-state index in [0.29, 0.717) is 60.1 Å². The minimum absolute atomic E-state index is 0.202. The number of aromatic nitrogens is 1. The number of furan rings is 1. The number of esters is 1. The summed E-state index contributed by atoms with van der Waals surface area (Å²) in [6.45, 7) is 6.12. The Labute approximate surface area is 238 Å². The topological polar surface area (TPSA) is 83.0 Å². The van der Waals surface area contributed by atoms with Gasteiger partial charge in [-0.2, -0.15) is 0 Å². The van der Waals surface area contributed by atoms with E-state index in [-0.39, 0.29) is 12.2 Å². The van der Waals surface area contributed by atoms with Crippen molar-refractivity contribution in [1.29, 1.82) is 0 Å². The Morgan fingerprint density at radius 1 is 1.10 bits per heavy atom. The summed E-state index contributed by atoms with van der Waals surface area (Å²) in [6, 6.07) is 15.3. The average Bonchev–Trinajstić information content (AvgIpc) is 3.50. The molecule has 1 aliphatic rings. The van der Waals surface area contributed by atoms with Gasteiger partial charge in [0.05, 0.1) is 40.1 Å². The average molecular weight is 583 g/mol. The minimum Gasteiger partial charge on any atom is -0.494 e. The van der Waals surface area contributed by atoms with Gasteiger partial charge < -0.3 is 13.9 Å². The fraction of sp³-hybridized carbons (Fsp3) is 0.207. The molecule has 1 aliphatic heterocycles. The van der Waals surface area contributed by atoms with Gasteiger partial charge in [-0.3, -0.25) is 9.36 Å². The SMILES string of the molecule is CCOC(=O)C1=C(C)N=c2s/c(=C\c3ccc(-c4cc(Cl)ccc4Cl)o3)c(=O)n2[C@H]1c1ccc(OCC)cc1. The number of carbonyl (C=O) groups excluding carboxylic acids is 1. The Balaban J connectivity index is 1.62. The summed E-state index contributed by atoms with van der Waals surface area (Å²) in [6.07, 6.45) is 1.66. The number of hydrogen-bond donors (Lipinski definition) is 0. The highest BCUT2D eigenvalue weighted by Gasteiger charge is 2.33. The highest BCUT2D eigenvalue weighted by atomic mass is 35.5. The molecule has 7 nitrogen and oxygen atoms in total. The monoisotopic (exact) mass is 582 g/mol. The Kier molecular flexibility index (Phi) is 7.79. The molecule has 0 spiro atoms. The lowest BCUT2D eigenvalue weighted by Crippen LogP contribution is -2.39. The molecule has 0 radical (unpaired) electrons. The van der Waals surface area contributed by atoms with Crippen molar-refractivity contribution in [3.8, 4) is 17.1 Å². The Hall–Kier alpha value is -3.59. The van der Waals surface area contributed by atoms with Gasteiger partial charge in [0.2, 0.25) is 0 Å². The van der Waals surface area contributed by atoms with Crippen molar-refractivity contribution in [2.45, 2.75) is 26.8 Å². The lowest BCUT2D eigenvalue weighted by molar-refractivity contribution is -0.139. The number of benzene rings is 2. The van der Waals surface area contributed by atoms with E-state index in [2.05, 4.69) is 4.99 Å². The first-order valence-corrected chi connectivity index (χ1v) is 13.9. The lowest BCUT2D eigenvalue weighted by Gasteiger charge is -2.24. The van der Waals surface area contributed by atoms with E-state index >= 15 is 0 Å². The lowest BCUT2D eigenvalue weighted by atomic mass is 9.96. The van der Waals surface area contributed by atoms with Gasteiger partial charge >= 0.3 is 5.97 Å². The molecule has 200 valence electrons. The second-order valence-electron chi connectivity index (χ2n) is 8.63. The number of hydrogen-bond acceptors (Lipinski definition) is 7. The number of ether oxygens (including phenoxy) is 2. The minimum atomic E-state index is -0.712. The predicted molar refractivity (Wildman–Crippen MR) is 152 cm³/mol. The van der Waals surface area contributed by atoms with Crippen LogP contribution in [0.25, 0.3) is 17.4 Å². The highest BCUT2D eigenvalue weighted by Crippen LogP contribution is 2.33. The van der Waals surface area contributed by atoms with Gasteiger partial charge in [0.1, 0.15) is 17.3 Å². The van der Waals surface area contributed by atoms with Crippen molar-refractivity contribution >= 4 is 46.6 Å². The summed E-state index contributed by atoms with van der Waals surface area (Å²) < 4.78 is 18.8. The third kappa shape index (κ3) is 5.32. The summed E-state index contributed by atoms with van der Waals surface area (Å²) in [5, 5.41) is 1.03. The van der Waals surface area contributed by atoms with Crippen LogP contribution < -0.4 is 19.6 Å². The molecule has 4 aromatic rings. The maximum Gasteiger partial charge on any atom is 0.338 e. The van der Waals surface area contributed by atoms with Crippen molar-refractivity contribution in [2.24, 2.45) is 4.99 Å². The molecule has 0 fully saturated rings. The number of allylic oxidation sites excluding steroid dienone is 1.